The van der Waals surface area contributed by atoms with Crippen LogP contribution in [-0.2, 0) is 16.0 Å². The van der Waals surface area contributed by atoms with Crippen LogP contribution in [0.25, 0.3) is 11.1 Å². The highest BCUT2D eigenvalue weighted by Crippen LogP contribution is 2.31. The van der Waals surface area contributed by atoms with Gasteiger partial charge in [0, 0.05) is 41.8 Å². The number of aromatic amines is 1. The third kappa shape index (κ3) is 4.05. The molecule has 1 saturated carbocycles. The Labute approximate surface area is 185 Å². The number of carbonyl (C=O) groups is 2. The van der Waals surface area contributed by atoms with Crippen LogP contribution in [0.2, 0.25) is 0 Å². The second kappa shape index (κ2) is 8.78. The second-order valence-corrected chi connectivity index (χ2v) is 8.20. The van der Waals surface area contributed by atoms with Crippen molar-refractivity contribution in [1.82, 2.24) is 25.5 Å². The molecule has 0 saturated heterocycles. The van der Waals surface area contributed by atoms with Crippen LogP contribution in [0.1, 0.15) is 37.7 Å². The monoisotopic (exact) mass is 431 g/mol. The topological polar surface area (TPSA) is 116 Å². The molecule has 1 aliphatic heterocycles. The molecule has 2 amide bonds. The summed E-state index contributed by atoms with van der Waals surface area (Å²) in [5, 5.41) is 12.8. The Morgan fingerprint density at radius 3 is 2.56 bits per heavy atom. The van der Waals surface area contributed by atoms with Gasteiger partial charge in [0.05, 0.1) is 6.20 Å². The number of benzene rings is 1. The lowest BCUT2D eigenvalue weighted by atomic mass is 10.1. The van der Waals surface area contributed by atoms with Gasteiger partial charge in [-0.2, -0.15) is 10.1 Å². The maximum Gasteiger partial charge on any atom is 0.317 e. The zero-order valence-electron chi connectivity index (χ0n) is 17.7. The molecule has 5 rings (SSSR count). The lowest BCUT2D eigenvalue weighted by Crippen LogP contribution is -2.48. The van der Waals surface area contributed by atoms with Crippen molar-refractivity contribution in [1.29, 1.82) is 0 Å². The van der Waals surface area contributed by atoms with E-state index in [1.807, 2.05) is 30.5 Å². The predicted octanol–water partition coefficient (Wildman–Crippen LogP) is 2.95. The number of hydrogen-bond donors (Lipinski definition) is 3. The summed E-state index contributed by atoms with van der Waals surface area (Å²) < 4.78 is 0. The molecule has 9 nitrogen and oxygen atoms in total. The largest absolute Gasteiger partial charge is 0.348 e. The molecule has 3 aromatic rings. The van der Waals surface area contributed by atoms with E-state index in [1.54, 1.807) is 17.3 Å². The van der Waals surface area contributed by atoms with Crippen LogP contribution in [-0.4, -0.2) is 44.6 Å². The highest BCUT2D eigenvalue weighted by molar-refractivity contribution is 6.40. The Hall–Kier alpha value is -3.75. The number of aryl methyl sites for hydroxylation is 1. The molecule has 164 valence electrons. The number of fused-ring (bicyclic) bond motifs is 1. The van der Waals surface area contributed by atoms with Gasteiger partial charge in [0.15, 0.2) is 0 Å². The van der Waals surface area contributed by atoms with Crippen molar-refractivity contribution in [3.05, 3.63) is 48.4 Å². The van der Waals surface area contributed by atoms with Crippen molar-refractivity contribution >= 4 is 29.3 Å². The molecule has 1 aliphatic carbocycles. The first-order valence-corrected chi connectivity index (χ1v) is 11.0. The third-order valence-corrected chi connectivity index (χ3v) is 6.05. The molecule has 0 radical (unpaired) electrons. The van der Waals surface area contributed by atoms with Gasteiger partial charge in [0.25, 0.3) is 0 Å². The molecule has 3 N–H and O–H groups in total. The fraction of sp³-hybridized carbons (Fsp3) is 0.348. The average Bonchev–Trinajstić information content (AvgIpc) is 3.53. The number of amides is 2. The minimum atomic E-state index is -0.562. The maximum atomic E-state index is 13.0. The summed E-state index contributed by atoms with van der Waals surface area (Å²) in [6.45, 7) is 0.464. The molecule has 0 bridgehead atoms. The average molecular weight is 432 g/mol. The number of H-pyrrole nitrogens is 1. The number of nitrogens with zero attached hydrogens (tertiary/aromatic N) is 4. The van der Waals surface area contributed by atoms with Crippen LogP contribution < -0.4 is 15.5 Å². The van der Waals surface area contributed by atoms with Crippen LogP contribution in [0, 0.1) is 0 Å². The molecule has 1 fully saturated rings. The van der Waals surface area contributed by atoms with E-state index in [4.69, 9.17) is 4.98 Å². The first kappa shape index (κ1) is 20.2. The zero-order chi connectivity index (χ0) is 21.9. The van der Waals surface area contributed by atoms with Crippen LogP contribution in [0.3, 0.4) is 0 Å². The van der Waals surface area contributed by atoms with Crippen molar-refractivity contribution < 1.29 is 9.59 Å². The van der Waals surface area contributed by atoms with E-state index in [9.17, 15) is 9.59 Å². The normalized spacial score (nSPS) is 17.3. The first-order chi connectivity index (χ1) is 15.7. The standard InChI is InChI=1S/C23H25N7O2/c31-21-22(32)30(19-5-1-2-6-19)20-16(4-3-11-24-21)12-25-23(29-20)28-18-9-7-15(8-10-18)17-13-26-27-14-17/h7-10,12-14,19H,1-6,11H2,(H,24,31)(H,26,27)(H,25,28,29). The molecule has 32 heavy (non-hydrogen) atoms. The van der Waals surface area contributed by atoms with Gasteiger partial charge in [-0.1, -0.05) is 25.0 Å². The van der Waals surface area contributed by atoms with Gasteiger partial charge in [-0.05, 0) is 43.4 Å². The predicted molar refractivity (Wildman–Crippen MR) is 120 cm³/mol. The Balaban J connectivity index is 1.46. The van der Waals surface area contributed by atoms with Crippen LogP contribution >= 0.6 is 0 Å². The van der Waals surface area contributed by atoms with E-state index in [1.165, 1.54) is 0 Å². The summed E-state index contributed by atoms with van der Waals surface area (Å²) in [7, 11) is 0. The second-order valence-electron chi connectivity index (χ2n) is 8.20. The SMILES string of the molecule is O=C1NCCCc2cnc(Nc3ccc(-c4cn[nH]c4)cc3)nc2N(C2CCCC2)C1=O. The lowest BCUT2D eigenvalue weighted by Gasteiger charge is -2.28. The molecule has 0 spiro atoms. The zero-order valence-corrected chi connectivity index (χ0v) is 17.7. The van der Waals surface area contributed by atoms with E-state index in [-0.39, 0.29) is 6.04 Å². The number of carbonyl (C=O) groups excluding carboxylic acids is 2. The molecule has 0 unspecified atom stereocenters. The van der Waals surface area contributed by atoms with Crippen LogP contribution in [0.4, 0.5) is 17.5 Å². The minimum Gasteiger partial charge on any atom is -0.348 e. The van der Waals surface area contributed by atoms with Crippen LogP contribution in [0.5, 0.6) is 0 Å². The fourth-order valence-corrected chi connectivity index (χ4v) is 4.39. The number of rotatable bonds is 4. The Morgan fingerprint density at radius 1 is 1.00 bits per heavy atom. The Bertz CT molecular complexity index is 1110. The summed E-state index contributed by atoms with van der Waals surface area (Å²) in [4.78, 5) is 36.3. The van der Waals surface area contributed by atoms with Gasteiger partial charge < -0.3 is 10.6 Å². The molecule has 9 heteroatoms. The fourth-order valence-electron chi connectivity index (χ4n) is 4.39. The van der Waals surface area contributed by atoms with Gasteiger partial charge in [0.1, 0.15) is 5.82 Å². The Kier molecular flexibility index (Phi) is 5.53. The molecule has 3 heterocycles. The maximum absolute atomic E-state index is 13.0. The van der Waals surface area contributed by atoms with E-state index in [0.29, 0.717) is 24.7 Å². The van der Waals surface area contributed by atoms with Crippen molar-refractivity contribution in [3.8, 4) is 11.1 Å². The highest BCUT2D eigenvalue weighted by Gasteiger charge is 2.35. The molecular weight excluding hydrogens is 406 g/mol. The lowest BCUT2D eigenvalue weighted by molar-refractivity contribution is -0.137. The van der Waals surface area contributed by atoms with E-state index in [0.717, 1.165) is 54.5 Å². The smallest absolute Gasteiger partial charge is 0.317 e. The number of hydrogen-bond acceptors (Lipinski definition) is 6. The van der Waals surface area contributed by atoms with Gasteiger partial charge in [-0.15, -0.1) is 0 Å². The molecule has 1 aromatic carbocycles. The van der Waals surface area contributed by atoms with E-state index < -0.39 is 11.8 Å². The van der Waals surface area contributed by atoms with Crippen molar-refractivity contribution in [2.24, 2.45) is 0 Å². The van der Waals surface area contributed by atoms with E-state index in [2.05, 4.69) is 25.8 Å². The summed E-state index contributed by atoms with van der Waals surface area (Å²) in [5.41, 5.74) is 3.77. The molecular formula is C23H25N7O2. The number of nitrogens with one attached hydrogen (secondary N) is 3. The summed E-state index contributed by atoms with van der Waals surface area (Å²) in [5.74, 6) is -0.149. The molecule has 2 aliphatic rings. The van der Waals surface area contributed by atoms with Crippen molar-refractivity contribution in [2.75, 3.05) is 16.8 Å². The quantitative estimate of drug-likeness (QED) is 0.547. The number of anilines is 3. The van der Waals surface area contributed by atoms with Gasteiger partial charge >= 0.3 is 11.8 Å². The minimum absolute atomic E-state index is 0.0120. The third-order valence-electron chi connectivity index (χ3n) is 6.05. The van der Waals surface area contributed by atoms with Gasteiger partial charge in [-0.25, -0.2) is 4.98 Å². The molecule has 0 atom stereocenters. The van der Waals surface area contributed by atoms with Gasteiger partial charge in [0.2, 0.25) is 5.95 Å². The first-order valence-electron chi connectivity index (χ1n) is 11.0. The summed E-state index contributed by atoms with van der Waals surface area (Å²) in [6.07, 6.45) is 10.7. The van der Waals surface area contributed by atoms with Crippen LogP contribution in [0.15, 0.2) is 42.9 Å². The van der Waals surface area contributed by atoms with Crippen molar-refractivity contribution in [3.63, 3.8) is 0 Å². The summed E-state index contributed by atoms with van der Waals surface area (Å²) >= 11 is 0. The van der Waals surface area contributed by atoms with Gasteiger partial charge in [-0.3, -0.25) is 19.6 Å². The van der Waals surface area contributed by atoms with E-state index >= 15 is 0 Å². The van der Waals surface area contributed by atoms with Crippen molar-refractivity contribution in [2.45, 2.75) is 44.6 Å². The Morgan fingerprint density at radius 2 is 1.81 bits per heavy atom. The number of aromatic nitrogens is 4. The summed E-state index contributed by atoms with van der Waals surface area (Å²) in [6, 6.07) is 7.86. The highest BCUT2D eigenvalue weighted by atomic mass is 16.2. The molecule has 2 aromatic heterocycles.